The lowest BCUT2D eigenvalue weighted by atomic mass is 9.88. The predicted octanol–water partition coefficient (Wildman–Crippen LogP) is 5.55. The van der Waals surface area contributed by atoms with Crippen LogP contribution in [0.25, 0.3) is 0 Å². The second-order valence-electron chi connectivity index (χ2n) is 5.90. The number of phenolic OH excluding ortho intramolecular Hbond substituents is 1. The molecule has 2 nitrogen and oxygen atoms in total. The molecular formula is C17H12F6O2. The molecule has 0 bridgehead atoms. The molecule has 0 radical (unpaired) electrons. The Bertz CT molecular complexity index is 779. The molecule has 0 aromatic heterocycles. The van der Waals surface area contributed by atoms with E-state index in [0.717, 1.165) is 12.1 Å². The van der Waals surface area contributed by atoms with Gasteiger partial charge in [0.1, 0.15) is 11.5 Å². The van der Waals surface area contributed by atoms with Gasteiger partial charge in [-0.3, -0.25) is 0 Å². The molecule has 2 aromatic rings. The number of hydrogen-bond acceptors (Lipinski definition) is 2. The standard InChI is InChI=1S/C17H12F6O2/c18-13-9-10(15(7-8-15)16(19,20)17(21,22)23)1-6-14(13)25-12-4-2-11(24)3-5-12/h1-6,9,24H,7-8H2. The Morgan fingerprint density at radius 3 is 2.00 bits per heavy atom. The zero-order chi connectivity index (χ0) is 18.5. The summed E-state index contributed by atoms with van der Waals surface area (Å²) in [6.45, 7) is 0. The molecule has 0 spiro atoms. The van der Waals surface area contributed by atoms with Crippen LogP contribution >= 0.6 is 0 Å². The summed E-state index contributed by atoms with van der Waals surface area (Å²) in [6.07, 6.45) is -6.46. The molecule has 25 heavy (non-hydrogen) atoms. The lowest BCUT2D eigenvalue weighted by Crippen LogP contribution is -2.47. The summed E-state index contributed by atoms with van der Waals surface area (Å²) >= 11 is 0. The molecule has 1 N–H and O–H groups in total. The minimum absolute atomic E-state index is 0.0340. The highest BCUT2D eigenvalue weighted by Crippen LogP contribution is 2.63. The molecule has 2 aromatic carbocycles. The van der Waals surface area contributed by atoms with Crippen LogP contribution in [0.2, 0.25) is 0 Å². The van der Waals surface area contributed by atoms with Gasteiger partial charge >= 0.3 is 12.1 Å². The van der Waals surface area contributed by atoms with Crippen LogP contribution in [0.3, 0.4) is 0 Å². The molecule has 1 aliphatic rings. The first-order chi connectivity index (χ1) is 11.6. The summed E-state index contributed by atoms with van der Waals surface area (Å²) in [7, 11) is 0. The smallest absolute Gasteiger partial charge is 0.454 e. The molecule has 0 saturated heterocycles. The molecule has 0 aliphatic heterocycles. The largest absolute Gasteiger partial charge is 0.508 e. The van der Waals surface area contributed by atoms with Gasteiger partial charge in [0.05, 0.1) is 5.41 Å². The van der Waals surface area contributed by atoms with Crippen molar-refractivity contribution >= 4 is 0 Å². The number of hydrogen-bond donors (Lipinski definition) is 1. The molecule has 1 aliphatic carbocycles. The van der Waals surface area contributed by atoms with Gasteiger partial charge in [0.2, 0.25) is 0 Å². The van der Waals surface area contributed by atoms with Crippen LogP contribution in [-0.4, -0.2) is 17.2 Å². The molecule has 3 rings (SSSR count). The van der Waals surface area contributed by atoms with Crippen molar-refractivity contribution in [1.82, 2.24) is 0 Å². The zero-order valence-corrected chi connectivity index (χ0v) is 12.6. The molecular weight excluding hydrogens is 350 g/mol. The first kappa shape index (κ1) is 17.4. The first-order valence-electron chi connectivity index (χ1n) is 7.28. The van der Waals surface area contributed by atoms with E-state index in [1.54, 1.807) is 0 Å². The number of rotatable bonds is 4. The molecule has 0 heterocycles. The lowest BCUT2D eigenvalue weighted by molar-refractivity contribution is -0.296. The fourth-order valence-corrected chi connectivity index (χ4v) is 2.70. The summed E-state index contributed by atoms with van der Waals surface area (Å²) in [5, 5.41) is 9.16. The van der Waals surface area contributed by atoms with E-state index in [0.29, 0.717) is 6.07 Å². The summed E-state index contributed by atoms with van der Waals surface area (Å²) < 4.78 is 84.9. The fourth-order valence-electron chi connectivity index (χ4n) is 2.70. The van der Waals surface area contributed by atoms with Crippen LogP contribution in [0.5, 0.6) is 17.2 Å². The first-order valence-corrected chi connectivity index (χ1v) is 7.28. The van der Waals surface area contributed by atoms with E-state index in [-0.39, 0.29) is 30.1 Å². The molecule has 134 valence electrons. The highest BCUT2D eigenvalue weighted by atomic mass is 19.4. The van der Waals surface area contributed by atoms with Gasteiger partial charge in [-0.1, -0.05) is 6.07 Å². The van der Waals surface area contributed by atoms with Gasteiger partial charge < -0.3 is 9.84 Å². The van der Waals surface area contributed by atoms with Crippen molar-refractivity contribution < 1.29 is 36.2 Å². The highest BCUT2D eigenvalue weighted by molar-refractivity contribution is 5.42. The predicted molar refractivity (Wildman–Crippen MR) is 76.5 cm³/mol. The third-order valence-corrected chi connectivity index (χ3v) is 4.26. The molecule has 1 saturated carbocycles. The van der Waals surface area contributed by atoms with Gasteiger partial charge in [0, 0.05) is 0 Å². The number of aromatic hydroxyl groups is 1. The van der Waals surface area contributed by atoms with Crippen LogP contribution in [0.15, 0.2) is 42.5 Å². The summed E-state index contributed by atoms with van der Waals surface area (Å²) in [5.41, 5.74) is -2.84. The van der Waals surface area contributed by atoms with E-state index in [9.17, 15) is 26.3 Å². The highest BCUT2D eigenvalue weighted by Gasteiger charge is 2.75. The summed E-state index contributed by atoms with van der Waals surface area (Å²) in [4.78, 5) is 0. The summed E-state index contributed by atoms with van der Waals surface area (Å²) in [6, 6.07) is 7.99. The van der Waals surface area contributed by atoms with Crippen molar-refractivity contribution in [2.75, 3.05) is 0 Å². The average Bonchev–Trinajstić information content (AvgIpc) is 3.32. The van der Waals surface area contributed by atoms with Crippen molar-refractivity contribution in [3.63, 3.8) is 0 Å². The number of halogens is 6. The number of benzene rings is 2. The van der Waals surface area contributed by atoms with Gasteiger partial charge in [-0.2, -0.15) is 22.0 Å². The number of phenols is 1. The second kappa shape index (κ2) is 5.57. The van der Waals surface area contributed by atoms with E-state index in [4.69, 9.17) is 9.84 Å². The van der Waals surface area contributed by atoms with Gasteiger partial charge in [-0.05, 0) is 54.8 Å². The quantitative estimate of drug-likeness (QED) is 0.723. The van der Waals surface area contributed by atoms with Crippen LogP contribution in [0.1, 0.15) is 18.4 Å². The van der Waals surface area contributed by atoms with E-state index < -0.39 is 28.9 Å². The van der Waals surface area contributed by atoms with Crippen LogP contribution in [0, 0.1) is 5.82 Å². The maximum atomic E-state index is 14.2. The Kier molecular flexibility index (Phi) is 3.89. The zero-order valence-electron chi connectivity index (χ0n) is 12.6. The van der Waals surface area contributed by atoms with Crippen molar-refractivity contribution in [1.29, 1.82) is 0 Å². The van der Waals surface area contributed by atoms with Crippen molar-refractivity contribution in [3.8, 4) is 17.2 Å². The average molecular weight is 362 g/mol. The maximum absolute atomic E-state index is 14.2. The summed E-state index contributed by atoms with van der Waals surface area (Å²) in [5.74, 6) is -6.17. The van der Waals surface area contributed by atoms with E-state index in [1.165, 1.54) is 24.3 Å². The fraction of sp³-hybridized carbons (Fsp3) is 0.294. The second-order valence-corrected chi connectivity index (χ2v) is 5.90. The third-order valence-electron chi connectivity index (χ3n) is 4.26. The normalized spacial score (nSPS) is 16.6. The SMILES string of the molecule is Oc1ccc(Oc2ccc(C3(C(F)(F)C(F)(F)F)CC3)cc2F)cc1. The van der Waals surface area contributed by atoms with Crippen molar-refractivity contribution in [2.24, 2.45) is 0 Å². The lowest BCUT2D eigenvalue weighted by Gasteiger charge is -2.29. The Morgan fingerprint density at radius 2 is 1.52 bits per heavy atom. The van der Waals surface area contributed by atoms with Crippen molar-refractivity contribution in [2.45, 2.75) is 30.4 Å². The Labute approximate surface area is 138 Å². The Balaban J connectivity index is 1.89. The molecule has 1 fully saturated rings. The Morgan fingerprint density at radius 1 is 0.920 bits per heavy atom. The topological polar surface area (TPSA) is 29.5 Å². The minimum atomic E-state index is -5.71. The van der Waals surface area contributed by atoms with Gasteiger partial charge in [0.15, 0.2) is 11.6 Å². The molecule has 0 amide bonds. The number of ether oxygens (including phenoxy) is 1. The van der Waals surface area contributed by atoms with E-state index >= 15 is 0 Å². The van der Waals surface area contributed by atoms with Crippen LogP contribution in [0.4, 0.5) is 26.3 Å². The monoisotopic (exact) mass is 362 g/mol. The van der Waals surface area contributed by atoms with Gasteiger partial charge in [-0.15, -0.1) is 0 Å². The Hall–Kier alpha value is -2.38. The molecule has 0 atom stereocenters. The van der Waals surface area contributed by atoms with E-state index in [1.807, 2.05) is 0 Å². The van der Waals surface area contributed by atoms with Crippen LogP contribution < -0.4 is 4.74 Å². The van der Waals surface area contributed by atoms with E-state index in [2.05, 4.69) is 0 Å². The van der Waals surface area contributed by atoms with Gasteiger partial charge in [0.25, 0.3) is 0 Å². The van der Waals surface area contributed by atoms with Crippen molar-refractivity contribution in [3.05, 3.63) is 53.8 Å². The third kappa shape index (κ3) is 2.89. The minimum Gasteiger partial charge on any atom is -0.508 e. The van der Waals surface area contributed by atoms with Crippen LogP contribution in [-0.2, 0) is 5.41 Å². The molecule has 8 heteroatoms. The maximum Gasteiger partial charge on any atom is 0.454 e. The number of alkyl halides is 5. The molecule has 0 unspecified atom stereocenters. The van der Waals surface area contributed by atoms with Gasteiger partial charge in [-0.25, -0.2) is 4.39 Å².